The molecule has 0 aliphatic rings. The summed E-state index contributed by atoms with van der Waals surface area (Å²) in [5.41, 5.74) is 2.33. The van der Waals surface area contributed by atoms with Crippen LogP contribution in [-0.4, -0.2) is 31.1 Å². The van der Waals surface area contributed by atoms with E-state index in [1.165, 1.54) is 29.6 Å². The molecule has 8 heteroatoms. The van der Waals surface area contributed by atoms with Crippen molar-refractivity contribution in [3.8, 4) is 12.3 Å². The van der Waals surface area contributed by atoms with Crippen LogP contribution in [0.25, 0.3) is 11.2 Å². The molecule has 0 N–H and O–H groups in total. The van der Waals surface area contributed by atoms with Crippen LogP contribution in [0.2, 0.25) is 0 Å². The van der Waals surface area contributed by atoms with Crippen LogP contribution >= 0.6 is 0 Å². The van der Waals surface area contributed by atoms with Gasteiger partial charge in [0.15, 0.2) is 11.2 Å². The van der Waals surface area contributed by atoms with Gasteiger partial charge in [-0.1, -0.05) is 6.07 Å². The average molecular weight is 393 g/mol. The van der Waals surface area contributed by atoms with E-state index in [4.69, 9.17) is 6.42 Å². The number of imidazole rings is 1. The van der Waals surface area contributed by atoms with Crippen LogP contribution < -0.4 is 16.1 Å². The lowest BCUT2D eigenvalue weighted by atomic mass is 10.1. The summed E-state index contributed by atoms with van der Waals surface area (Å²) < 4.78 is 3.77. The number of nitrogens with zero attached hydrogens (tertiary/aromatic N) is 5. The van der Waals surface area contributed by atoms with Gasteiger partial charge < -0.3 is 9.47 Å². The minimum Gasteiger partial charge on any atom is -0.315 e. The number of anilines is 1. The maximum absolute atomic E-state index is 13.2. The summed E-state index contributed by atoms with van der Waals surface area (Å²) >= 11 is 0. The van der Waals surface area contributed by atoms with E-state index < -0.39 is 11.2 Å². The Hall–Kier alpha value is -3.60. The molecule has 0 spiro atoms. The molecule has 8 nitrogen and oxygen atoms in total. The van der Waals surface area contributed by atoms with E-state index in [-0.39, 0.29) is 23.6 Å². The second-order valence-corrected chi connectivity index (χ2v) is 7.10. The van der Waals surface area contributed by atoms with Crippen LogP contribution in [0.1, 0.15) is 17.5 Å². The van der Waals surface area contributed by atoms with E-state index in [1.807, 2.05) is 32.0 Å². The van der Waals surface area contributed by atoms with Gasteiger partial charge in [0, 0.05) is 32.7 Å². The van der Waals surface area contributed by atoms with E-state index in [1.54, 1.807) is 4.90 Å². The topological polar surface area (TPSA) is 82.1 Å². The summed E-state index contributed by atoms with van der Waals surface area (Å²) in [7, 11) is 2.94. The number of fused-ring (bicyclic) bond motifs is 1. The van der Waals surface area contributed by atoms with Gasteiger partial charge in [0.25, 0.3) is 5.56 Å². The molecule has 0 saturated carbocycles. The SMILES string of the molecule is C#CCCN(C(=O)Cn1cnc2c1c(=O)n(C)c(=O)n2C)c1cc(C)cc(C)c1. The summed E-state index contributed by atoms with van der Waals surface area (Å²) in [6.45, 7) is 4.20. The summed E-state index contributed by atoms with van der Waals surface area (Å²) in [5.74, 6) is 2.34. The Balaban J connectivity index is 2.04. The molecular formula is C21H23N5O3. The molecule has 1 aromatic carbocycles. The first-order valence-electron chi connectivity index (χ1n) is 9.17. The second kappa shape index (κ2) is 7.80. The normalized spacial score (nSPS) is 10.9. The highest BCUT2D eigenvalue weighted by Gasteiger charge is 2.20. The van der Waals surface area contributed by atoms with Crippen molar-refractivity contribution in [2.75, 3.05) is 11.4 Å². The Kier molecular flexibility index (Phi) is 5.41. The van der Waals surface area contributed by atoms with E-state index in [0.717, 1.165) is 21.4 Å². The minimum absolute atomic E-state index is 0.0957. The Labute approximate surface area is 168 Å². The third-order valence-electron chi connectivity index (χ3n) is 4.82. The Morgan fingerprint density at radius 3 is 2.41 bits per heavy atom. The van der Waals surface area contributed by atoms with Gasteiger partial charge in [-0.3, -0.25) is 18.7 Å². The average Bonchev–Trinajstić information content (AvgIpc) is 3.08. The lowest BCUT2D eigenvalue weighted by molar-refractivity contribution is -0.119. The number of hydrogen-bond donors (Lipinski definition) is 0. The fourth-order valence-corrected chi connectivity index (χ4v) is 3.43. The molecule has 0 atom stereocenters. The maximum Gasteiger partial charge on any atom is 0.332 e. The summed E-state index contributed by atoms with van der Waals surface area (Å²) in [6.07, 6.45) is 7.22. The molecule has 0 radical (unpaired) electrons. The van der Waals surface area contributed by atoms with Crippen LogP contribution in [0.5, 0.6) is 0 Å². The highest BCUT2D eigenvalue weighted by atomic mass is 16.2. The number of benzene rings is 1. The number of carbonyl (C=O) groups excluding carboxylic acids is 1. The number of terminal acetylenes is 1. The van der Waals surface area contributed by atoms with Crippen molar-refractivity contribution in [3.05, 3.63) is 56.5 Å². The zero-order valence-electron chi connectivity index (χ0n) is 17.0. The first-order valence-corrected chi connectivity index (χ1v) is 9.17. The molecule has 3 rings (SSSR count). The standard InChI is InChI=1S/C21H23N5O3/c1-6-7-8-26(16-10-14(2)9-15(3)11-16)17(27)12-25-13-22-19-18(25)20(28)24(5)21(29)23(19)4/h1,9-11,13H,7-8,12H2,2-5H3. The van der Waals surface area contributed by atoms with Crippen LogP contribution in [0.3, 0.4) is 0 Å². The van der Waals surface area contributed by atoms with Crippen molar-refractivity contribution in [3.63, 3.8) is 0 Å². The van der Waals surface area contributed by atoms with E-state index in [2.05, 4.69) is 10.9 Å². The predicted octanol–water partition coefficient (Wildman–Crippen LogP) is 1.11. The van der Waals surface area contributed by atoms with Crippen LogP contribution in [0, 0.1) is 26.2 Å². The van der Waals surface area contributed by atoms with Crippen molar-refractivity contribution in [1.82, 2.24) is 18.7 Å². The molecule has 29 heavy (non-hydrogen) atoms. The Morgan fingerprint density at radius 2 is 1.79 bits per heavy atom. The first kappa shape index (κ1) is 20.1. The van der Waals surface area contributed by atoms with Gasteiger partial charge in [0.2, 0.25) is 5.91 Å². The third-order valence-corrected chi connectivity index (χ3v) is 4.82. The monoisotopic (exact) mass is 393 g/mol. The van der Waals surface area contributed by atoms with Crippen molar-refractivity contribution in [2.24, 2.45) is 14.1 Å². The lowest BCUT2D eigenvalue weighted by Gasteiger charge is -2.23. The summed E-state index contributed by atoms with van der Waals surface area (Å²) in [4.78, 5) is 43.6. The molecule has 0 bridgehead atoms. The van der Waals surface area contributed by atoms with Crippen LogP contribution in [-0.2, 0) is 25.4 Å². The quantitative estimate of drug-likeness (QED) is 0.608. The molecule has 2 heterocycles. The van der Waals surface area contributed by atoms with Gasteiger partial charge in [-0.25, -0.2) is 9.78 Å². The molecule has 0 aliphatic heterocycles. The molecule has 0 fully saturated rings. The molecule has 150 valence electrons. The summed E-state index contributed by atoms with van der Waals surface area (Å²) in [5, 5.41) is 0. The molecular weight excluding hydrogens is 370 g/mol. The van der Waals surface area contributed by atoms with Gasteiger partial charge >= 0.3 is 5.69 Å². The molecule has 0 unspecified atom stereocenters. The molecule has 1 amide bonds. The van der Waals surface area contributed by atoms with Gasteiger partial charge in [-0.2, -0.15) is 0 Å². The highest BCUT2D eigenvalue weighted by molar-refractivity contribution is 5.94. The smallest absolute Gasteiger partial charge is 0.315 e. The van der Waals surface area contributed by atoms with Crippen molar-refractivity contribution >= 4 is 22.8 Å². The minimum atomic E-state index is -0.491. The molecule has 0 saturated heterocycles. The molecule has 3 aromatic rings. The largest absolute Gasteiger partial charge is 0.332 e. The van der Waals surface area contributed by atoms with Gasteiger partial charge in [0.1, 0.15) is 6.54 Å². The maximum atomic E-state index is 13.2. The highest BCUT2D eigenvalue weighted by Crippen LogP contribution is 2.20. The number of rotatable bonds is 5. The van der Waals surface area contributed by atoms with Crippen molar-refractivity contribution < 1.29 is 4.79 Å². The summed E-state index contributed by atoms with van der Waals surface area (Å²) in [6, 6.07) is 5.88. The third kappa shape index (κ3) is 3.72. The van der Waals surface area contributed by atoms with E-state index in [0.29, 0.717) is 13.0 Å². The fourth-order valence-electron chi connectivity index (χ4n) is 3.43. The number of hydrogen-bond acceptors (Lipinski definition) is 4. The van der Waals surface area contributed by atoms with Gasteiger partial charge in [-0.15, -0.1) is 12.3 Å². The number of carbonyl (C=O) groups is 1. The number of amides is 1. The van der Waals surface area contributed by atoms with Crippen LogP contribution in [0.15, 0.2) is 34.1 Å². The first-order chi connectivity index (χ1) is 13.7. The van der Waals surface area contributed by atoms with Gasteiger partial charge in [0.05, 0.1) is 6.33 Å². The number of aromatic nitrogens is 4. The van der Waals surface area contributed by atoms with Crippen molar-refractivity contribution in [1.29, 1.82) is 0 Å². The zero-order chi connectivity index (χ0) is 21.3. The Morgan fingerprint density at radius 1 is 1.14 bits per heavy atom. The van der Waals surface area contributed by atoms with Gasteiger partial charge in [-0.05, 0) is 37.1 Å². The van der Waals surface area contributed by atoms with Crippen molar-refractivity contribution in [2.45, 2.75) is 26.8 Å². The Bertz CT molecular complexity index is 1240. The zero-order valence-corrected chi connectivity index (χ0v) is 17.0. The van der Waals surface area contributed by atoms with Crippen LogP contribution in [0.4, 0.5) is 5.69 Å². The van der Waals surface area contributed by atoms with E-state index >= 15 is 0 Å². The molecule has 0 aliphatic carbocycles. The second-order valence-electron chi connectivity index (χ2n) is 7.10. The molecule has 2 aromatic heterocycles. The predicted molar refractivity (Wildman–Crippen MR) is 112 cm³/mol. The van der Waals surface area contributed by atoms with E-state index in [9.17, 15) is 14.4 Å². The lowest BCUT2D eigenvalue weighted by Crippen LogP contribution is -2.38. The fraction of sp³-hybridized carbons (Fsp3) is 0.333. The number of aryl methyl sites for hydroxylation is 3.